The molecule has 1 rings (SSSR count). The first kappa shape index (κ1) is 12.3. The van der Waals surface area contributed by atoms with Crippen molar-refractivity contribution in [1.29, 1.82) is 0 Å². The second-order valence-electron chi connectivity index (χ2n) is 4.43. The van der Waals surface area contributed by atoms with Gasteiger partial charge in [-0.3, -0.25) is 9.69 Å². The average molecular weight is 226 g/mol. The van der Waals surface area contributed by atoms with E-state index in [0.29, 0.717) is 5.69 Å². The SMILES string of the molecule is CC(=O)c1nc(C(C)(C)N(C)C)sc1C. The van der Waals surface area contributed by atoms with Crippen LogP contribution in [0.3, 0.4) is 0 Å². The number of nitrogens with zero attached hydrogens (tertiary/aromatic N) is 2. The molecule has 1 aromatic heterocycles. The lowest BCUT2D eigenvalue weighted by atomic mass is 10.1. The summed E-state index contributed by atoms with van der Waals surface area (Å²) in [6, 6.07) is 0. The highest BCUT2D eigenvalue weighted by molar-refractivity contribution is 7.12. The Morgan fingerprint density at radius 2 is 1.93 bits per heavy atom. The summed E-state index contributed by atoms with van der Waals surface area (Å²) in [5, 5.41) is 0.996. The molecule has 0 radical (unpaired) electrons. The van der Waals surface area contributed by atoms with E-state index < -0.39 is 0 Å². The van der Waals surface area contributed by atoms with Crippen molar-refractivity contribution < 1.29 is 4.79 Å². The van der Waals surface area contributed by atoms with Crippen molar-refractivity contribution in [3.8, 4) is 0 Å². The standard InChI is InChI=1S/C11H18N2OS/c1-7(14)9-8(2)15-10(12-9)11(3,4)13(5)6/h1-6H3. The topological polar surface area (TPSA) is 33.2 Å². The van der Waals surface area contributed by atoms with Crippen LogP contribution in [0.1, 0.15) is 41.1 Å². The van der Waals surface area contributed by atoms with Crippen LogP contribution in [0.15, 0.2) is 0 Å². The number of aromatic nitrogens is 1. The first-order valence-electron chi connectivity index (χ1n) is 4.93. The summed E-state index contributed by atoms with van der Waals surface area (Å²) in [7, 11) is 4.04. The molecule has 84 valence electrons. The quantitative estimate of drug-likeness (QED) is 0.742. The molecular formula is C11H18N2OS. The van der Waals surface area contributed by atoms with Gasteiger partial charge in [-0.2, -0.15) is 0 Å². The third-order valence-corrected chi connectivity index (χ3v) is 4.06. The molecule has 0 atom stereocenters. The molecule has 0 saturated heterocycles. The van der Waals surface area contributed by atoms with Gasteiger partial charge in [-0.15, -0.1) is 11.3 Å². The highest BCUT2D eigenvalue weighted by Gasteiger charge is 2.28. The second kappa shape index (κ2) is 4.02. The molecule has 4 heteroatoms. The van der Waals surface area contributed by atoms with E-state index in [4.69, 9.17) is 0 Å². The molecule has 0 fully saturated rings. The van der Waals surface area contributed by atoms with E-state index in [-0.39, 0.29) is 11.3 Å². The van der Waals surface area contributed by atoms with E-state index in [1.807, 2.05) is 21.0 Å². The Kier molecular flexibility index (Phi) is 3.31. The van der Waals surface area contributed by atoms with E-state index in [1.165, 1.54) is 0 Å². The molecule has 0 unspecified atom stereocenters. The molecular weight excluding hydrogens is 208 g/mol. The molecule has 0 aliphatic rings. The molecule has 0 bridgehead atoms. The Hall–Kier alpha value is -0.740. The second-order valence-corrected chi connectivity index (χ2v) is 5.64. The van der Waals surface area contributed by atoms with Crippen LogP contribution in [0.4, 0.5) is 0 Å². The van der Waals surface area contributed by atoms with E-state index in [0.717, 1.165) is 9.88 Å². The molecule has 0 amide bonds. The van der Waals surface area contributed by atoms with Crippen LogP contribution >= 0.6 is 11.3 Å². The number of carbonyl (C=O) groups excluding carboxylic acids is 1. The minimum absolute atomic E-state index is 0.0459. The highest BCUT2D eigenvalue weighted by Crippen LogP contribution is 2.30. The Balaban J connectivity index is 3.18. The smallest absolute Gasteiger partial charge is 0.179 e. The first-order valence-corrected chi connectivity index (χ1v) is 5.74. The maximum absolute atomic E-state index is 11.3. The minimum Gasteiger partial charge on any atom is -0.298 e. The number of aryl methyl sites for hydroxylation is 1. The molecule has 0 aliphatic heterocycles. The zero-order chi connectivity index (χ0) is 11.8. The minimum atomic E-state index is -0.122. The summed E-state index contributed by atoms with van der Waals surface area (Å²) < 4.78 is 0. The third kappa shape index (κ3) is 2.26. The molecule has 0 spiro atoms. The molecule has 1 heterocycles. The van der Waals surface area contributed by atoms with Gasteiger partial charge < -0.3 is 0 Å². The van der Waals surface area contributed by atoms with Gasteiger partial charge in [0.05, 0.1) is 5.54 Å². The summed E-state index contributed by atoms with van der Waals surface area (Å²) in [6.45, 7) is 7.72. The predicted molar refractivity (Wildman–Crippen MR) is 63.6 cm³/mol. The Morgan fingerprint density at radius 3 is 2.27 bits per heavy atom. The van der Waals surface area contributed by atoms with Gasteiger partial charge in [0.1, 0.15) is 10.7 Å². The van der Waals surface area contributed by atoms with Gasteiger partial charge in [0.25, 0.3) is 0 Å². The lowest BCUT2D eigenvalue weighted by molar-refractivity contribution is 0.101. The molecule has 15 heavy (non-hydrogen) atoms. The number of carbonyl (C=O) groups is 1. The maximum Gasteiger partial charge on any atom is 0.179 e. The zero-order valence-corrected chi connectivity index (χ0v) is 11.0. The van der Waals surface area contributed by atoms with Crippen molar-refractivity contribution in [2.24, 2.45) is 0 Å². The number of rotatable bonds is 3. The fourth-order valence-corrected chi connectivity index (χ4v) is 2.32. The van der Waals surface area contributed by atoms with Gasteiger partial charge in [-0.25, -0.2) is 4.98 Å². The van der Waals surface area contributed by atoms with Gasteiger partial charge in [-0.1, -0.05) is 0 Å². The van der Waals surface area contributed by atoms with Crippen molar-refractivity contribution in [1.82, 2.24) is 9.88 Å². The van der Waals surface area contributed by atoms with Crippen molar-refractivity contribution in [3.63, 3.8) is 0 Å². The van der Waals surface area contributed by atoms with Gasteiger partial charge >= 0.3 is 0 Å². The fraction of sp³-hybridized carbons (Fsp3) is 0.636. The van der Waals surface area contributed by atoms with Crippen molar-refractivity contribution in [2.45, 2.75) is 33.2 Å². The summed E-state index contributed by atoms with van der Waals surface area (Å²) in [6.07, 6.45) is 0. The molecule has 3 nitrogen and oxygen atoms in total. The fourth-order valence-electron chi connectivity index (χ4n) is 1.18. The lowest BCUT2D eigenvalue weighted by Gasteiger charge is -2.30. The van der Waals surface area contributed by atoms with E-state index >= 15 is 0 Å². The van der Waals surface area contributed by atoms with Crippen LogP contribution in [0.2, 0.25) is 0 Å². The van der Waals surface area contributed by atoms with E-state index in [2.05, 4.69) is 23.7 Å². The Morgan fingerprint density at radius 1 is 1.40 bits per heavy atom. The number of thiazole rings is 1. The van der Waals surface area contributed by atoms with Crippen LogP contribution < -0.4 is 0 Å². The maximum atomic E-state index is 11.3. The largest absolute Gasteiger partial charge is 0.298 e. The molecule has 0 saturated carbocycles. The monoisotopic (exact) mass is 226 g/mol. The number of hydrogen-bond donors (Lipinski definition) is 0. The van der Waals surface area contributed by atoms with Gasteiger partial charge in [0, 0.05) is 11.8 Å². The van der Waals surface area contributed by atoms with Crippen molar-refractivity contribution >= 4 is 17.1 Å². The van der Waals surface area contributed by atoms with E-state index in [1.54, 1.807) is 18.3 Å². The normalized spacial score (nSPS) is 12.2. The average Bonchev–Trinajstić information content (AvgIpc) is 2.47. The van der Waals surface area contributed by atoms with Crippen LogP contribution in [0.25, 0.3) is 0 Å². The van der Waals surface area contributed by atoms with Crippen molar-refractivity contribution in [2.75, 3.05) is 14.1 Å². The zero-order valence-electron chi connectivity index (χ0n) is 10.2. The molecule has 1 aromatic rings. The van der Waals surface area contributed by atoms with Crippen LogP contribution in [0.5, 0.6) is 0 Å². The summed E-state index contributed by atoms with van der Waals surface area (Å²) in [4.78, 5) is 18.8. The van der Waals surface area contributed by atoms with Crippen LogP contribution in [-0.4, -0.2) is 29.8 Å². The predicted octanol–water partition coefficient (Wildman–Crippen LogP) is 2.45. The van der Waals surface area contributed by atoms with Gasteiger partial charge in [0.15, 0.2) is 5.78 Å². The summed E-state index contributed by atoms with van der Waals surface area (Å²) >= 11 is 1.60. The molecule has 0 N–H and O–H groups in total. The summed E-state index contributed by atoms with van der Waals surface area (Å²) in [5.74, 6) is 0.0459. The molecule has 0 aliphatic carbocycles. The van der Waals surface area contributed by atoms with Crippen LogP contribution in [0, 0.1) is 6.92 Å². The third-order valence-electron chi connectivity index (χ3n) is 2.77. The molecule has 0 aromatic carbocycles. The Labute approximate surface area is 95.1 Å². The van der Waals surface area contributed by atoms with E-state index in [9.17, 15) is 4.79 Å². The van der Waals surface area contributed by atoms with Gasteiger partial charge in [-0.05, 0) is 34.9 Å². The number of ketones is 1. The van der Waals surface area contributed by atoms with Crippen LogP contribution in [-0.2, 0) is 5.54 Å². The van der Waals surface area contributed by atoms with Crippen molar-refractivity contribution in [3.05, 3.63) is 15.6 Å². The number of Topliss-reactive ketones (excluding diaryl/α,β-unsaturated/α-hetero) is 1. The summed E-state index contributed by atoms with van der Waals surface area (Å²) in [5.41, 5.74) is 0.494. The van der Waals surface area contributed by atoms with Gasteiger partial charge in [0.2, 0.25) is 0 Å². The Bertz CT molecular complexity index is 380. The first-order chi connectivity index (χ1) is 6.76. The highest BCUT2D eigenvalue weighted by atomic mass is 32.1. The number of hydrogen-bond acceptors (Lipinski definition) is 4. The lowest BCUT2D eigenvalue weighted by Crippen LogP contribution is -2.35.